The van der Waals surface area contributed by atoms with Gasteiger partial charge in [-0.05, 0) is 50.8 Å². The van der Waals surface area contributed by atoms with E-state index in [1.807, 2.05) is 13.0 Å². The molecular formula is C20H31ClN2O4. The Labute approximate surface area is 166 Å². The third-order valence-electron chi connectivity index (χ3n) is 5.83. The van der Waals surface area contributed by atoms with Crippen LogP contribution in [0.3, 0.4) is 0 Å². The molecule has 1 atom stereocenters. The number of ether oxygens (including phenoxy) is 1. The van der Waals surface area contributed by atoms with E-state index in [2.05, 4.69) is 10.6 Å². The van der Waals surface area contributed by atoms with Crippen molar-refractivity contribution in [3.8, 4) is 0 Å². The molecule has 2 fully saturated rings. The minimum atomic E-state index is -0.532. The number of carbonyl (C=O) groups excluding carboxylic acids is 1. The number of aryl methyl sites for hydroxylation is 1. The summed E-state index contributed by atoms with van der Waals surface area (Å²) in [5.41, 5.74) is 0.275. The molecule has 1 aliphatic heterocycles. The Balaban J connectivity index is 0.00000261. The van der Waals surface area contributed by atoms with Crippen molar-refractivity contribution >= 4 is 18.3 Å². The molecule has 0 bridgehead atoms. The van der Waals surface area contributed by atoms with Crippen LogP contribution in [0, 0.1) is 12.3 Å². The fraction of sp³-hybridized carbons (Fsp3) is 0.700. The molecule has 0 radical (unpaired) electrons. The second kappa shape index (κ2) is 9.71. The van der Waals surface area contributed by atoms with E-state index < -0.39 is 5.63 Å². The third kappa shape index (κ3) is 5.12. The topological polar surface area (TPSA) is 80.6 Å². The van der Waals surface area contributed by atoms with Gasteiger partial charge in [-0.3, -0.25) is 4.79 Å². The molecule has 1 aromatic heterocycles. The van der Waals surface area contributed by atoms with Gasteiger partial charge in [-0.25, -0.2) is 4.79 Å². The highest BCUT2D eigenvalue weighted by Crippen LogP contribution is 2.37. The monoisotopic (exact) mass is 398 g/mol. The minimum absolute atomic E-state index is 0. The summed E-state index contributed by atoms with van der Waals surface area (Å²) in [5, 5.41) is 6.28. The molecule has 1 aliphatic carbocycles. The van der Waals surface area contributed by atoms with Crippen LogP contribution in [0.5, 0.6) is 0 Å². The molecule has 1 saturated carbocycles. The smallest absolute Gasteiger partial charge is 0.349 e. The van der Waals surface area contributed by atoms with Gasteiger partial charge in [0.25, 0.3) is 5.91 Å². The van der Waals surface area contributed by atoms with Gasteiger partial charge in [-0.2, -0.15) is 0 Å². The standard InChI is InChI=1S/C20H30N2O4.ClH/c1-14-10-16(15-6-5-9-21-11-15)26-19(24)17(14)18(23)22-12-20(13-25-2)7-3-4-8-20;/h10,15,21H,3-9,11-13H2,1-2H3,(H,22,23);1H. The van der Waals surface area contributed by atoms with E-state index in [0.717, 1.165) is 51.6 Å². The molecule has 2 N–H and O–H groups in total. The Kier molecular flexibility index (Phi) is 7.89. The summed E-state index contributed by atoms with van der Waals surface area (Å²) in [6.45, 7) is 4.80. The molecule has 3 rings (SSSR count). The van der Waals surface area contributed by atoms with E-state index in [-0.39, 0.29) is 35.2 Å². The molecule has 7 heteroatoms. The number of methoxy groups -OCH3 is 1. The number of hydrogen-bond acceptors (Lipinski definition) is 5. The van der Waals surface area contributed by atoms with Crippen molar-refractivity contribution in [2.24, 2.45) is 5.41 Å². The van der Waals surface area contributed by atoms with Crippen molar-refractivity contribution in [2.45, 2.75) is 51.4 Å². The van der Waals surface area contributed by atoms with Gasteiger partial charge in [0, 0.05) is 31.5 Å². The fourth-order valence-electron chi connectivity index (χ4n) is 4.36. The molecule has 1 saturated heterocycles. The molecular weight excluding hydrogens is 368 g/mol. The zero-order valence-corrected chi connectivity index (χ0v) is 17.1. The first-order chi connectivity index (χ1) is 12.5. The molecule has 1 amide bonds. The second-order valence-corrected chi connectivity index (χ2v) is 7.86. The number of rotatable bonds is 6. The second-order valence-electron chi connectivity index (χ2n) is 7.86. The highest BCUT2D eigenvalue weighted by Gasteiger charge is 2.34. The van der Waals surface area contributed by atoms with Gasteiger partial charge < -0.3 is 19.8 Å². The summed E-state index contributed by atoms with van der Waals surface area (Å²) in [5.74, 6) is 0.547. The molecule has 1 unspecified atom stereocenters. The first-order valence-corrected chi connectivity index (χ1v) is 9.67. The number of hydrogen-bond donors (Lipinski definition) is 2. The molecule has 27 heavy (non-hydrogen) atoms. The van der Waals surface area contributed by atoms with Crippen LogP contribution in [0.1, 0.15) is 66.1 Å². The van der Waals surface area contributed by atoms with Gasteiger partial charge in [-0.15, -0.1) is 12.4 Å². The van der Waals surface area contributed by atoms with Gasteiger partial charge in [0.05, 0.1) is 6.61 Å². The Morgan fingerprint density at radius 1 is 1.37 bits per heavy atom. The number of nitrogens with one attached hydrogen (secondary N) is 2. The van der Waals surface area contributed by atoms with Gasteiger partial charge in [0.2, 0.25) is 0 Å². The van der Waals surface area contributed by atoms with Crippen LogP contribution in [-0.2, 0) is 4.74 Å². The van der Waals surface area contributed by atoms with E-state index >= 15 is 0 Å². The summed E-state index contributed by atoms with van der Waals surface area (Å²) in [6.07, 6.45) is 6.47. The third-order valence-corrected chi connectivity index (χ3v) is 5.83. The number of carbonyl (C=O) groups is 1. The molecule has 152 valence electrons. The van der Waals surface area contributed by atoms with E-state index in [1.165, 1.54) is 0 Å². The van der Waals surface area contributed by atoms with Crippen molar-refractivity contribution in [2.75, 3.05) is 33.4 Å². The maximum absolute atomic E-state index is 12.7. The Morgan fingerprint density at radius 2 is 2.11 bits per heavy atom. The van der Waals surface area contributed by atoms with Gasteiger partial charge in [0.1, 0.15) is 11.3 Å². The molecule has 1 aromatic rings. The van der Waals surface area contributed by atoms with Crippen molar-refractivity contribution in [1.29, 1.82) is 0 Å². The zero-order chi connectivity index (χ0) is 18.6. The molecule has 6 nitrogen and oxygen atoms in total. The maximum Gasteiger partial charge on any atom is 0.349 e. The van der Waals surface area contributed by atoms with Crippen LogP contribution in [0.25, 0.3) is 0 Å². The predicted octanol–water partition coefficient (Wildman–Crippen LogP) is 2.77. The van der Waals surface area contributed by atoms with Crippen LogP contribution < -0.4 is 16.3 Å². The molecule has 2 aliphatic rings. The Bertz CT molecular complexity index is 692. The summed E-state index contributed by atoms with van der Waals surface area (Å²) in [6, 6.07) is 1.86. The Morgan fingerprint density at radius 3 is 2.70 bits per heavy atom. The first kappa shape index (κ1) is 21.9. The average Bonchev–Trinajstić information content (AvgIpc) is 3.09. The van der Waals surface area contributed by atoms with Gasteiger partial charge in [0.15, 0.2) is 0 Å². The van der Waals surface area contributed by atoms with Gasteiger partial charge in [-0.1, -0.05) is 12.8 Å². The molecule has 0 aromatic carbocycles. The highest BCUT2D eigenvalue weighted by molar-refractivity contribution is 5.95. The fourth-order valence-corrected chi connectivity index (χ4v) is 4.36. The van der Waals surface area contributed by atoms with Crippen molar-refractivity contribution < 1.29 is 13.9 Å². The van der Waals surface area contributed by atoms with Crippen LogP contribution in [0.4, 0.5) is 0 Å². The lowest BCUT2D eigenvalue weighted by atomic mass is 9.87. The normalized spacial score (nSPS) is 21.5. The van der Waals surface area contributed by atoms with E-state index in [4.69, 9.17) is 9.15 Å². The lowest BCUT2D eigenvalue weighted by Gasteiger charge is -2.28. The highest BCUT2D eigenvalue weighted by atomic mass is 35.5. The van der Waals surface area contributed by atoms with Crippen LogP contribution in [0.2, 0.25) is 0 Å². The maximum atomic E-state index is 12.7. The molecule has 0 spiro atoms. The van der Waals surface area contributed by atoms with E-state index in [9.17, 15) is 9.59 Å². The van der Waals surface area contributed by atoms with E-state index in [0.29, 0.717) is 24.5 Å². The van der Waals surface area contributed by atoms with E-state index in [1.54, 1.807) is 7.11 Å². The quantitative estimate of drug-likeness (QED) is 0.770. The van der Waals surface area contributed by atoms with Crippen molar-refractivity contribution in [1.82, 2.24) is 10.6 Å². The summed E-state index contributed by atoms with van der Waals surface area (Å²) >= 11 is 0. The van der Waals surface area contributed by atoms with Gasteiger partial charge >= 0.3 is 5.63 Å². The lowest BCUT2D eigenvalue weighted by Crippen LogP contribution is -2.40. The summed E-state index contributed by atoms with van der Waals surface area (Å²) < 4.78 is 10.9. The number of halogens is 1. The number of amides is 1. The first-order valence-electron chi connectivity index (χ1n) is 9.67. The Hall–Kier alpha value is -1.37. The van der Waals surface area contributed by atoms with Crippen LogP contribution >= 0.6 is 12.4 Å². The van der Waals surface area contributed by atoms with Crippen molar-refractivity contribution in [3.63, 3.8) is 0 Å². The summed E-state index contributed by atoms with van der Waals surface area (Å²) in [7, 11) is 1.69. The lowest BCUT2D eigenvalue weighted by molar-refractivity contribution is 0.0738. The SMILES string of the molecule is COCC1(CNC(=O)c2c(C)cc(C3CCCNC3)oc2=O)CCCC1.Cl. The largest absolute Gasteiger partial charge is 0.427 e. The minimum Gasteiger partial charge on any atom is -0.427 e. The zero-order valence-electron chi connectivity index (χ0n) is 16.3. The van der Waals surface area contributed by atoms with Crippen molar-refractivity contribution in [3.05, 3.63) is 33.4 Å². The number of piperidine rings is 1. The summed E-state index contributed by atoms with van der Waals surface area (Å²) in [4.78, 5) is 25.1. The predicted molar refractivity (Wildman–Crippen MR) is 107 cm³/mol. The van der Waals surface area contributed by atoms with Crippen LogP contribution in [-0.4, -0.2) is 39.3 Å². The average molecular weight is 399 g/mol. The van der Waals surface area contributed by atoms with Crippen LogP contribution in [0.15, 0.2) is 15.3 Å². The molecule has 2 heterocycles.